The van der Waals surface area contributed by atoms with Gasteiger partial charge in [-0.05, 0) is 12.8 Å². The van der Waals surface area contributed by atoms with E-state index >= 15 is 0 Å². The van der Waals surface area contributed by atoms with Crippen molar-refractivity contribution in [1.82, 2.24) is 9.80 Å². The first kappa shape index (κ1) is 41.6. The summed E-state index contributed by atoms with van der Waals surface area (Å²) in [6.07, 6.45) is 4.08. The van der Waals surface area contributed by atoms with Crippen LogP contribution in [-0.2, 0) is 21.7 Å². The third-order valence-electron chi connectivity index (χ3n) is 3.52. The van der Waals surface area contributed by atoms with E-state index in [-0.39, 0.29) is 61.4 Å². The zero-order valence-corrected chi connectivity index (χ0v) is 21.3. The first-order valence-corrected chi connectivity index (χ1v) is 10.8. The normalized spacial score (nSPS) is 9.68. The van der Waals surface area contributed by atoms with Gasteiger partial charge in [0.15, 0.2) is 0 Å². The molecule has 0 fully saturated rings. The number of nitrogens with zero attached hydrogens (tertiary/aromatic N) is 2. The molecule has 10 nitrogen and oxygen atoms in total. The maximum atomic E-state index is 8.48. The van der Waals surface area contributed by atoms with Gasteiger partial charge in [-0.25, -0.2) is 0 Å². The Labute approximate surface area is 204 Å². The summed E-state index contributed by atoms with van der Waals surface area (Å²) in [5.41, 5.74) is 0. The first-order valence-electron chi connectivity index (χ1n) is 10.8. The van der Waals surface area contributed by atoms with Crippen LogP contribution in [0.15, 0.2) is 0 Å². The van der Waals surface area contributed by atoms with E-state index in [1.165, 1.54) is 0 Å². The van der Waals surface area contributed by atoms with Crippen LogP contribution in [-0.4, -0.2) is 143 Å². The van der Waals surface area contributed by atoms with Gasteiger partial charge in [0, 0.05) is 74.2 Å². The monoisotopic (exact) mass is 494 g/mol. The van der Waals surface area contributed by atoms with Crippen LogP contribution in [0.4, 0.5) is 0 Å². The van der Waals surface area contributed by atoms with Gasteiger partial charge < -0.3 is 40.9 Å². The summed E-state index contributed by atoms with van der Waals surface area (Å²) in [4.78, 5) is 3.58. The second-order valence-corrected chi connectivity index (χ2v) is 6.18. The molecule has 0 aliphatic heterocycles. The third-order valence-corrected chi connectivity index (χ3v) is 3.52. The van der Waals surface area contributed by atoms with Gasteiger partial charge in [0.25, 0.3) is 0 Å². The third kappa shape index (κ3) is 48.8. The smallest absolute Gasteiger partial charge is 0.0558 e. The van der Waals surface area contributed by atoms with Crippen molar-refractivity contribution in [3.8, 4) is 0 Å². The van der Waals surface area contributed by atoms with Crippen molar-refractivity contribution < 1.29 is 62.6 Å². The van der Waals surface area contributed by atoms with E-state index in [4.69, 9.17) is 40.9 Å². The summed E-state index contributed by atoms with van der Waals surface area (Å²) in [5, 5.41) is 67.0. The van der Waals surface area contributed by atoms with Crippen LogP contribution < -0.4 is 0 Å². The van der Waals surface area contributed by atoms with E-state index in [0.29, 0.717) is 52.5 Å². The summed E-state index contributed by atoms with van der Waals surface area (Å²) >= 11 is 0. The quantitative estimate of drug-likeness (QED) is 0.113. The molecule has 0 amide bonds. The molecule has 0 heterocycles. The minimum Gasteiger partial charge on any atom is -0.396 e. The summed E-state index contributed by atoms with van der Waals surface area (Å²) < 4.78 is 0. The van der Waals surface area contributed by atoms with Crippen LogP contribution in [0.3, 0.4) is 0 Å². The zero-order chi connectivity index (χ0) is 23.9. The van der Waals surface area contributed by atoms with Gasteiger partial charge in [-0.2, -0.15) is 0 Å². The van der Waals surface area contributed by atoms with Gasteiger partial charge in [0.1, 0.15) is 0 Å². The molecule has 0 radical (unpaired) electrons. The molecule has 0 aromatic heterocycles. The molecule has 0 aromatic carbocycles. The predicted molar refractivity (Wildman–Crippen MR) is 119 cm³/mol. The molecule has 11 heteroatoms. The van der Waals surface area contributed by atoms with Crippen LogP contribution in [0.2, 0.25) is 0 Å². The number of hydrogen-bond donors (Lipinski definition) is 8. The van der Waals surface area contributed by atoms with Crippen LogP contribution >= 0.6 is 0 Å². The number of rotatable bonds is 16. The number of hydrogen-bond acceptors (Lipinski definition) is 10. The minimum atomic E-state index is 0. The first-order chi connectivity index (χ1) is 14.5. The van der Waals surface area contributed by atoms with Gasteiger partial charge in [0.05, 0.1) is 39.6 Å². The van der Waals surface area contributed by atoms with Crippen molar-refractivity contribution in [2.75, 3.05) is 92.1 Å². The summed E-state index contributed by atoms with van der Waals surface area (Å²) in [6, 6.07) is 0. The Morgan fingerprint density at radius 1 is 0.387 bits per heavy atom. The van der Waals surface area contributed by atoms with E-state index in [0.717, 1.165) is 25.7 Å². The van der Waals surface area contributed by atoms with Gasteiger partial charge >= 0.3 is 0 Å². The van der Waals surface area contributed by atoms with E-state index in [1.54, 1.807) is 9.80 Å². The van der Waals surface area contributed by atoms with Crippen LogP contribution in [0, 0.1) is 0 Å². The molecule has 31 heavy (non-hydrogen) atoms. The molecule has 8 N–H and O–H groups in total. The predicted octanol–water partition coefficient (Wildman–Crippen LogP) is -1.91. The molecule has 0 aliphatic rings. The van der Waals surface area contributed by atoms with Crippen LogP contribution in [0.5, 0.6) is 0 Å². The van der Waals surface area contributed by atoms with Crippen molar-refractivity contribution in [3.63, 3.8) is 0 Å². The Bertz CT molecular complexity index is 205. The Morgan fingerprint density at radius 2 is 0.581 bits per heavy atom. The topological polar surface area (TPSA) is 168 Å². The fourth-order valence-corrected chi connectivity index (χ4v) is 1.84. The van der Waals surface area contributed by atoms with Gasteiger partial charge in [0.2, 0.25) is 0 Å². The van der Waals surface area contributed by atoms with E-state index in [1.807, 2.05) is 0 Å². The second kappa shape index (κ2) is 44.1. The molecule has 0 unspecified atom stereocenters. The number of aliphatic hydroxyl groups is 8. The van der Waals surface area contributed by atoms with Crippen molar-refractivity contribution >= 4 is 0 Å². The van der Waals surface area contributed by atoms with Gasteiger partial charge in [-0.1, -0.05) is 26.7 Å². The largest absolute Gasteiger partial charge is 0.396 e. The maximum Gasteiger partial charge on any atom is 0.0558 e. The molecule has 0 aliphatic carbocycles. The number of aliphatic hydroxyl groups excluding tert-OH is 8. The van der Waals surface area contributed by atoms with Crippen molar-refractivity contribution in [2.45, 2.75) is 39.5 Å². The summed E-state index contributed by atoms with van der Waals surface area (Å²) in [7, 11) is 0. The van der Waals surface area contributed by atoms with Gasteiger partial charge in [-0.3, -0.25) is 9.80 Å². The van der Waals surface area contributed by atoms with E-state index in [9.17, 15) is 0 Å². The molecule has 0 aromatic rings. The fraction of sp³-hybridized carbons (Fsp3) is 1.00. The Hall–Kier alpha value is 0.314. The van der Waals surface area contributed by atoms with E-state index in [2.05, 4.69) is 13.8 Å². The van der Waals surface area contributed by atoms with Crippen molar-refractivity contribution in [2.24, 2.45) is 0 Å². The van der Waals surface area contributed by atoms with Crippen molar-refractivity contribution in [1.29, 1.82) is 0 Å². The van der Waals surface area contributed by atoms with Crippen molar-refractivity contribution in [3.05, 3.63) is 0 Å². The molecule has 0 saturated carbocycles. The fourth-order valence-electron chi connectivity index (χ4n) is 1.84. The van der Waals surface area contributed by atoms with Crippen LogP contribution in [0.1, 0.15) is 39.5 Å². The Morgan fingerprint density at radius 3 is 0.645 bits per heavy atom. The second-order valence-electron chi connectivity index (χ2n) is 6.18. The minimum absolute atomic E-state index is 0. The molecule has 0 bridgehead atoms. The molecule has 0 rings (SSSR count). The Balaban J connectivity index is -0.000000101. The standard InChI is InChI=1S/2C6H15NO3.2C4H10O.Ti/c2*8-4-1-7(2-5-9)3-6-10;2*1-2-3-4-5;/h2*8-10H,1-6H2;2*5H,2-4H2,1H3;. The van der Waals surface area contributed by atoms with Crippen LogP contribution in [0.25, 0.3) is 0 Å². The molecule has 0 spiro atoms. The number of unbranched alkanes of at least 4 members (excludes halogenated alkanes) is 2. The molecule has 0 atom stereocenters. The molecule has 0 saturated heterocycles. The Kier molecular flexibility index (Phi) is 59.1. The average Bonchev–Trinajstić information content (AvgIpc) is 2.72. The zero-order valence-electron chi connectivity index (χ0n) is 19.7. The maximum absolute atomic E-state index is 8.48. The van der Waals surface area contributed by atoms with Gasteiger partial charge in [-0.15, -0.1) is 0 Å². The SMILES string of the molecule is CCCCO.CCCCO.OCCN(CCO)CCO.OCCN(CCO)CCO.[Ti]. The average molecular weight is 494 g/mol. The molecular formula is C20H50N2O8Ti. The summed E-state index contributed by atoms with van der Waals surface area (Å²) in [6.45, 7) is 8.30. The molecule has 192 valence electrons. The summed E-state index contributed by atoms with van der Waals surface area (Å²) in [5.74, 6) is 0. The van der Waals surface area contributed by atoms with E-state index < -0.39 is 0 Å². The molecular weight excluding hydrogens is 444 g/mol.